The number of halogens is 3. The van der Waals surface area contributed by atoms with Gasteiger partial charge in [0.1, 0.15) is 6.54 Å². The summed E-state index contributed by atoms with van der Waals surface area (Å²) in [6.07, 6.45) is -4.60. The molecule has 10 heteroatoms. The average molecular weight is 369 g/mol. The smallest absolute Gasteiger partial charge is 0.405 e. The molecule has 0 aliphatic carbocycles. The molecule has 0 atom stereocenters. The van der Waals surface area contributed by atoms with E-state index in [2.05, 4.69) is 4.98 Å². The molecule has 1 aromatic carbocycles. The zero-order valence-corrected chi connectivity index (χ0v) is 13.5. The van der Waals surface area contributed by atoms with Gasteiger partial charge in [-0.1, -0.05) is 18.2 Å². The molecule has 0 saturated heterocycles. The van der Waals surface area contributed by atoms with Crippen molar-refractivity contribution in [1.29, 1.82) is 0 Å². The van der Waals surface area contributed by atoms with Crippen molar-refractivity contribution in [2.45, 2.75) is 13.1 Å². The third-order valence-electron chi connectivity index (χ3n) is 3.10. The van der Waals surface area contributed by atoms with Gasteiger partial charge in [0.15, 0.2) is 6.61 Å². The van der Waals surface area contributed by atoms with Crippen LogP contribution in [0.4, 0.5) is 18.0 Å². The maximum absolute atomic E-state index is 12.2. The fraction of sp³-hybridized carbons (Fsp3) is 0.250. The van der Waals surface area contributed by atoms with Gasteiger partial charge in [-0.25, -0.2) is 9.59 Å². The number of rotatable bonds is 4. The molecule has 0 saturated carbocycles. The molecule has 0 radical (unpaired) electrons. The van der Waals surface area contributed by atoms with Gasteiger partial charge in [0.05, 0.1) is 11.1 Å². The van der Waals surface area contributed by atoms with Crippen LogP contribution >= 0.6 is 0 Å². The lowest BCUT2D eigenvalue weighted by Crippen LogP contribution is -2.44. The first kappa shape index (κ1) is 19.2. The normalized spacial score (nSPS) is 11.1. The summed E-state index contributed by atoms with van der Waals surface area (Å²) in [6, 6.07) is 6.96. The molecule has 7 nitrogen and oxygen atoms in total. The van der Waals surface area contributed by atoms with Crippen LogP contribution in [-0.2, 0) is 9.53 Å². The summed E-state index contributed by atoms with van der Waals surface area (Å²) >= 11 is 0. The first-order valence-corrected chi connectivity index (χ1v) is 7.33. The van der Waals surface area contributed by atoms with E-state index in [1.54, 1.807) is 36.5 Å². The Morgan fingerprint density at radius 2 is 1.88 bits per heavy atom. The molecule has 0 spiro atoms. The van der Waals surface area contributed by atoms with Crippen molar-refractivity contribution in [1.82, 2.24) is 15.6 Å². The lowest BCUT2D eigenvalue weighted by Gasteiger charge is -2.10. The minimum Gasteiger partial charge on any atom is -0.452 e. The first-order chi connectivity index (χ1) is 12.2. The second kappa shape index (κ2) is 7.81. The second-order valence-electron chi connectivity index (χ2n) is 5.25. The average Bonchev–Trinajstić information content (AvgIpc) is 2.56. The number of carbonyl (C=O) groups is 3. The number of hydrogen-bond acceptors (Lipinski definition) is 5. The van der Waals surface area contributed by atoms with Gasteiger partial charge in [-0.05, 0) is 19.1 Å². The van der Waals surface area contributed by atoms with Gasteiger partial charge < -0.3 is 10.1 Å². The quantitative estimate of drug-likeness (QED) is 0.805. The minimum absolute atomic E-state index is 0.183. The Morgan fingerprint density at radius 1 is 1.19 bits per heavy atom. The Bertz CT molecular complexity index is 852. The standard InChI is InChI=1S/C16H14F3N3O4/c1-9-6-11(10-4-2-3-5-12(10)21-9)14(24)26-7-13(23)22-15(25)20-8-16(17,18)19/h2-6H,7-8H2,1H3,(H2,20,22,23,25). The zero-order valence-electron chi connectivity index (χ0n) is 13.5. The molecule has 3 amide bonds. The highest BCUT2D eigenvalue weighted by atomic mass is 19.4. The summed E-state index contributed by atoms with van der Waals surface area (Å²) < 4.78 is 40.7. The lowest BCUT2D eigenvalue weighted by molar-refractivity contribution is -0.125. The van der Waals surface area contributed by atoms with E-state index in [4.69, 9.17) is 4.74 Å². The number of esters is 1. The lowest BCUT2D eigenvalue weighted by atomic mass is 10.1. The highest BCUT2D eigenvalue weighted by molar-refractivity contribution is 6.04. The molecule has 26 heavy (non-hydrogen) atoms. The Hall–Kier alpha value is -3.17. The molecule has 0 fully saturated rings. The fourth-order valence-electron chi connectivity index (χ4n) is 2.07. The molecule has 0 bridgehead atoms. The van der Waals surface area contributed by atoms with Crippen molar-refractivity contribution in [3.05, 3.63) is 41.6 Å². The Balaban J connectivity index is 1.95. The number of fused-ring (bicyclic) bond motifs is 1. The van der Waals surface area contributed by atoms with Crippen LogP contribution < -0.4 is 10.6 Å². The van der Waals surface area contributed by atoms with Crippen LogP contribution in [0.25, 0.3) is 10.9 Å². The first-order valence-electron chi connectivity index (χ1n) is 7.33. The summed E-state index contributed by atoms with van der Waals surface area (Å²) in [5, 5.41) is 3.61. The van der Waals surface area contributed by atoms with Crippen LogP contribution in [0.1, 0.15) is 16.1 Å². The van der Waals surface area contributed by atoms with E-state index in [9.17, 15) is 27.6 Å². The zero-order chi connectivity index (χ0) is 19.3. The van der Waals surface area contributed by atoms with Gasteiger partial charge in [0.25, 0.3) is 5.91 Å². The number of aromatic nitrogens is 1. The maximum Gasteiger partial charge on any atom is 0.405 e. The van der Waals surface area contributed by atoms with E-state index < -0.39 is 37.2 Å². The van der Waals surface area contributed by atoms with Gasteiger partial charge in [-0.2, -0.15) is 13.2 Å². The fourth-order valence-corrected chi connectivity index (χ4v) is 2.07. The van der Waals surface area contributed by atoms with Crippen molar-refractivity contribution in [3.8, 4) is 0 Å². The van der Waals surface area contributed by atoms with E-state index in [0.29, 0.717) is 16.6 Å². The van der Waals surface area contributed by atoms with E-state index in [0.717, 1.165) is 0 Å². The topological polar surface area (TPSA) is 97.4 Å². The Kier molecular flexibility index (Phi) is 5.75. The largest absolute Gasteiger partial charge is 0.452 e. The van der Waals surface area contributed by atoms with Gasteiger partial charge in [-0.15, -0.1) is 0 Å². The number of hydrogen-bond donors (Lipinski definition) is 2. The number of alkyl halides is 3. The van der Waals surface area contributed by atoms with E-state index in [1.165, 1.54) is 11.4 Å². The van der Waals surface area contributed by atoms with Gasteiger partial charge in [-0.3, -0.25) is 15.1 Å². The molecule has 2 N–H and O–H groups in total. The number of ether oxygens (including phenoxy) is 1. The third kappa shape index (κ3) is 5.43. The number of amides is 3. The number of imide groups is 1. The summed E-state index contributed by atoms with van der Waals surface area (Å²) in [6.45, 7) is -0.733. The third-order valence-corrected chi connectivity index (χ3v) is 3.10. The molecule has 0 aliphatic heterocycles. The number of benzene rings is 1. The highest BCUT2D eigenvalue weighted by Gasteiger charge is 2.28. The van der Waals surface area contributed by atoms with Gasteiger partial charge in [0, 0.05) is 11.1 Å². The summed E-state index contributed by atoms with van der Waals surface area (Å²) in [5.74, 6) is -1.88. The predicted molar refractivity (Wildman–Crippen MR) is 84.4 cm³/mol. The van der Waals surface area contributed by atoms with Crippen LogP contribution in [0.2, 0.25) is 0 Å². The number of aryl methyl sites for hydroxylation is 1. The molecule has 1 heterocycles. The summed E-state index contributed by atoms with van der Waals surface area (Å²) in [7, 11) is 0. The number of urea groups is 1. The molecule has 0 unspecified atom stereocenters. The minimum atomic E-state index is -4.60. The summed E-state index contributed by atoms with van der Waals surface area (Å²) in [4.78, 5) is 39.1. The predicted octanol–water partition coefficient (Wildman–Crippen LogP) is 2.09. The molecule has 2 aromatic rings. The number of nitrogens with one attached hydrogen (secondary N) is 2. The number of nitrogens with zero attached hydrogens (tertiary/aromatic N) is 1. The Morgan fingerprint density at radius 3 is 2.58 bits per heavy atom. The highest BCUT2D eigenvalue weighted by Crippen LogP contribution is 2.19. The van der Waals surface area contributed by atoms with Crippen LogP contribution in [0.3, 0.4) is 0 Å². The van der Waals surface area contributed by atoms with Gasteiger partial charge >= 0.3 is 18.2 Å². The van der Waals surface area contributed by atoms with Crippen molar-refractivity contribution in [2.24, 2.45) is 0 Å². The van der Waals surface area contributed by atoms with Gasteiger partial charge in [0.2, 0.25) is 0 Å². The Labute approximate surface area is 145 Å². The van der Waals surface area contributed by atoms with Crippen LogP contribution in [-0.4, -0.2) is 42.2 Å². The van der Waals surface area contributed by atoms with E-state index >= 15 is 0 Å². The number of carbonyl (C=O) groups excluding carboxylic acids is 3. The molecular weight excluding hydrogens is 355 g/mol. The molecule has 0 aliphatic rings. The second-order valence-corrected chi connectivity index (χ2v) is 5.25. The van der Waals surface area contributed by atoms with Crippen LogP contribution in [0.5, 0.6) is 0 Å². The number of para-hydroxylation sites is 1. The van der Waals surface area contributed by atoms with Crippen LogP contribution in [0, 0.1) is 6.92 Å². The van der Waals surface area contributed by atoms with Crippen LogP contribution in [0.15, 0.2) is 30.3 Å². The molecule has 2 rings (SSSR count). The molecule has 1 aromatic heterocycles. The van der Waals surface area contributed by atoms with E-state index in [-0.39, 0.29) is 5.56 Å². The molecule has 138 valence electrons. The summed E-state index contributed by atoms with van der Waals surface area (Å²) in [5.41, 5.74) is 1.31. The van der Waals surface area contributed by atoms with Crippen molar-refractivity contribution >= 4 is 28.8 Å². The monoisotopic (exact) mass is 369 g/mol. The molecular formula is C16H14F3N3O4. The SMILES string of the molecule is Cc1cc(C(=O)OCC(=O)NC(=O)NCC(F)(F)F)c2ccccc2n1. The van der Waals surface area contributed by atoms with Crippen molar-refractivity contribution in [2.75, 3.05) is 13.2 Å². The van der Waals surface area contributed by atoms with Crippen molar-refractivity contribution < 1.29 is 32.3 Å². The van der Waals surface area contributed by atoms with Crippen molar-refractivity contribution in [3.63, 3.8) is 0 Å². The van der Waals surface area contributed by atoms with E-state index in [1.807, 2.05) is 0 Å². The maximum atomic E-state index is 12.2. The number of pyridine rings is 1.